The van der Waals surface area contributed by atoms with E-state index in [1.807, 2.05) is 73.7 Å². The van der Waals surface area contributed by atoms with Gasteiger partial charge in [0.05, 0.1) is 15.7 Å². The highest BCUT2D eigenvalue weighted by atomic mass is 32.1. The van der Waals surface area contributed by atoms with Gasteiger partial charge in [0.15, 0.2) is 17.5 Å². The summed E-state index contributed by atoms with van der Waals surface area (Å²) < 4.78 is 1.16. The summed E-state index contributed by atoms with van der Waals surface area (Å²) in [7, 11) is 0. The van der Waals surface area contributed by atoms with Crippen molar-refractivity contribution >= 4 is 44.6 Å². The standard InChI is InChI=1S/C37H26N4S/c1-3-11-30-32(4-2)42-33-23-29-22-28(20-21-31(29)38-34(30)33)24-16-18-27(19-17-24)37-40-35(25-12-7-5-8-13-25)39-36(41-37)26-14-9-6-10-15-26/h3-23H,2H2,1H3/b11-3-. The van der Waals surface area contributed by atoms with Crippen molar-refractivity contribution in [3.63, 3.8) is 0 Å². The van der Waals surface area contributed by atoms with E-state index in [4.69, 9.17) is 19.9 Å². The van der Waals surface area contributed by atoms with Crippen molar-refractivity contribution in [3.8, 4) is 45.3 Å². The molecule has 5 heteroatoms. The number of benzene rings is 4. The van der Waals surface area contributed by atoms with Gasteiger partial charge in [-0.3, -0.25) is 0 Å². The van der Waals surface area contributed by atoms with E-state index in [1.54, 1.807) is 11.3 Å². The molecular weight excluding hydrogens is 533 g/mol. The van der Waals surface area contributed by atoms with Gasteiger partial charge in [-0.15, -0.1) is 11.3 Å². The first kappa shape index (κ1) is 25.7. The van der Waals surface area contributed by atoms with Gasteiger partial charge in [-0.25, -0.2) is 19.9 Å². The third-order valence-corrected chi connectivity index (χ3v) is 8.35. The zero-order valence-electron chi connectivity index (χ0n) is 23.0. The Kier molecular flexibility index (Phi) is 6.70. The van der Waals surface area contributed by atoms with Crippen LogP contribution in [0.15, 0.2) is 122 Å². The second-order valence-corrected chi connectivity index (χ2v) is 11.0. The summed E-state index contributed by atoms with van der Waals surface area (Å²) in [6.45, 7) is 6.03. The summed E-state index contributed by atoms with van der Waals surface area (Å²) in [6.07, 6.45) is 6.08. The van der Waals surface area contributed by atoms with Gasteiger partial charge in [-0.1, -0.05) is 116 Å². The molecule has 0 saturated carbocycles. The van der Waals surface area contributed by atoms with E-state index in [0.29, 0.717) is 17.5 Å². The Balaban J connectivity index is 1.27. The molecule has 0 unspecified atom stereocenters. The van der Waals surface area contributed by atoms with Gasteiger partial charge in [0, 0.05) is 32.5 Å². The third-order valence-electron chi connectivity index (χ3n) is 7.21. The first-order valence-corrected chi connectivity index (χ1v) is 14.6. The van der Waals surface area contributed by atoms with Crippen LogP contribution < -0.4 is 0 Å². The maximum Gasteiger partial charge on any atom is 0.164 e. The molecule has 0 N–H and O–H groups in total. The summed E-state index contributed by atoms with van der Waals surface area (Å²) in [5.41, 5.74) is 8.25. The van der Waals surface area contributed by atoms with E-state index >= 15 is 0 Å². The number of aromatic nitrogens is 4. The van der Waals surface area contributed by atoms with Crippen LogP contribution in [0.25, 0.3) is 78.6 Å². The molecule has 4 aromatic carbocycles. The molecule has 0 atom stereocenters. The number of allylic oxidation sites excluding steroid dienone is 1. The molecule has 0 amide bonds. The number of thiophene rings is 1. The molecule has 7 rings (SSSR count). The lowest BCUT2D eigenvalue weighted by molar-refractivity contribution is 1.07. The molecule has 200 valence electrons. The van der Waals surface area contributed by atoms with E-state index in [-0.39, 0.29) is 0 Å². The van der Waals surface area contributed by atoms with Crippen molar-refractivity contribution in [2.75, 3.05) is 0 Å². The van der Waals surface area contributed by atoms with Crippen LogP contribution in [0, 0.1) is 0 Å². The van der Waals surface area contributed by atoms with Crippen LogP contribution in [0.3, 0.4) is 0 Å². The summed E-state index contributed by atoms with van der Waals surface area (Å²) >= 11 is 1.73. The molecule has 4 nitrogen and oxygen atoms in total. The highest BCUT2D eigenvalue weighted by molar-refractivity contribution is 7.20. The van der Waals surface area contributed by atoms with E-state index < -0.39 is 0 Å². The van der Waals surface area contributed by atoms with Gasteiger partial charge in [0.25, 0.3) is 0 Å². The molecule has 0 saturated heterocycles. The van der Waals surface area contributed by atoms with E-state index in [1.165, 1.54) is 0 Å². The van der Waals surface area contributed by atoms with Gasteiger partial charge in [-0.05, 0) is 36.2 Å². The van der Waals surface area contributed by atoms with E-state index in [0.717, 1.165) is 59.4 Å². The number of rotatable bonds is 6. The van der Waals surface area contributed by atoms with E-state index in [9.17, 15) is 0 Å². The second-order valence-electron chi connectivity index (χ2n) is 9.94. The van der Waals surface area contributed by atoms with Crippen molar-refractivity contribution in [1.82, 2.24) is 19.9 Å². The van der Waals surface area contributed by atoms with Crippen molar-refractivity contribution < 1.29 is 0 Å². The van der Waals surface area contributed by atoms with Crippen LogP contribution in [0.5, 0.6) is 0 Å². The minimum absolute atomic E-state index is 0.645. The molecule has 3 aromatic heterocycles. The zero-order valence-corrected chi connectivity index (χ0v) is 23.8. The zero-order chi connectivity index (χ0) is 28.5. The number of pyridine rings is 1. The monoisotopic (exact) mass is 558 g/mol. The Morgan fingerprint density at radius 3 is 1.71 bits per heavy atom. The third kappa shape index (κ3) is 4.80. The van der Waals surface area contributed by atoms with Crippen LogP contribution in [0.2, 0.25) is 0 Å². The molecule has 0 aliphatic carbocycles. The predicted octanol–water partition coefficient (Wildman–Crippen LogP) is 9.98. The Morgan fingerprint density at radius 1 is 0.595 bits per heavy atom. The topological polar surface area (TPSA) is 51.6 Å². The molecular formula is C37H26N4S. The fraction of sp³-hybridized carbons (Fsp3) is 0.0270. The largest absolute Gasteiger partial charge is 0.246 e. The number of nitrogens with zero attached hydrogens (tertiary/aromatic N) is 4. The number of hydrogen-bond donors (Lipinski definition) is 0. The highest BCUT2D eigenvalue weighted by Gasteiger charge is 2.14. The molecule has 0 fully saturated rings. The maximum atomic E-state index is 5.01. The molecule has 0 aliphatic heterocycles. The molecule has 0 spiro atoms. The quantitative estimate of drug-likeness (QED) is 0.204. The maximum absolute atomic E-state index is 5.01. The van der Waals surface area contributed by atoms with Gasteiger partial charge >= 0.3 is 0 Å². The van der Waals surface area contributed by atoms with E-state index in [2.05, 4.69) is 67.3 Å². The molecule has 42 heavy (non-hydrogen) atoms. The van der Waals surface area contributed by atoms with Crippen molar-refractivity contribution in [1.29, 1.82) is 0 Å². The van der Waals surface area contributed by atoms with Crippen LogP contribution in [0.1, 0.15) is 17.4 Å². The minimum Gasteiger partial charge on any atom is -0.246 e. The van der Waals surface area contributed by atoms with Gasteiger partial charge < -0.3 is 0 Å². The predicted molar refractivity (Wildman–Crippen MR) is 177 cm³/mol. The Bertz CT molecular complexity index is 2040. The van der Waals surface area contributed by atoms with Crippen molar-refractivity contribution in [3.05, 3.63) is 132 Å². The van der Waals surface area contributed by atoms with Gasteiger partial charge in [0.2, 0.25) is 0 Å². The lowest BCUT2D eigenvalue weighted by Gasteiger charge is -2.09. The lowest BCUT2D eigenvalue weighted by atomic mass is 10.0. The smallest absolute Gasteiger partial charge is 0.164 e. The Labute approximate surface area is 248 Å². The minimum atomic E-state index is 0.645. The van der Waals surface area contributed by atoms with Crippen LogP contribution in [-0.2, 0) is 0 Å². The molecule has 7 aromatic rings. The first-order valence-electron chi connectivity index (χ1n) is 13.8. The first-order chi connectivity index (χ1) is 20.7. The fourth-order valence-corrected chi connectivity index (χ4v) is 6.16. The van der Waals surface area contributed by atoms with Gasteiger partial charge in [0.1, 0.15) is 0 Å². The Morgan fingerprint density at radius 2 is 1.14 bits per heavy atom. The SMILES string of the molecule is C=Cc1sc2cc3cc(-c4ccc(-c5nc(-c6ccccc6)nc(-c6ccccc6)n5)cc4)ccc3nc2c1/C=C\C. The van der Waals surface area contributed by atoms with Crippen molar-refractivity contribution in [2.24, 2.45) is 0 Å². The summed E-state index contributed by atoms with van der Waals surface area (Å²) in [4.78, 5) is 20.7. The van der Waals surface area contributed by atoms with Crippen LogP contribution in [-0.4, -0.2) is 19.9 Å². The fourth-order valence-electron chi connectivity index (χ4n) is 5.13. The normalized spacial score (nSPS) is 11.5. The number of fused-ring (bicyclic) bond motifs is 2. The molecule has 0 aliphatic rings. The summed E-state index contributed by atoms with van der Waals surface area (Å²) in [5.74, 6) is 1.96. The second kappa shape index (κ2) is 11.0. The van der Waals surface area contributed by atoms with Crippen molar-refractivity contribution in [2.45, 2.75) is 6.92 Å². The Hall–Kier alpha value is -5.26. The number of hydrogen-bond acceptors (Lipinski definition) is 5. The molecule has 0 radical (unpaired) electrons. The highest BCUT2D eigenvalue weighted by Crippen LogP contribution is 2.35. The summed E-state index contributed by atoms with van der Waals surface area (Å²) in [6, 6.07) is 37.2. The average Bonchev–Trinajstić information content (AvgIpc) is 3.40. The molecule has 3 heterocycles. The van der Waals surface area contributed by atoms with Gasteiger partial charge in [-0.2, -0.15) is 0 Å². The lowest BCUT2D eigenvalue weighted by Crippen LogP contribution is -2.00. The molecule has 0 bridgehead atoms. The summed E-state index contributed by atoms with van der Waals surface area (Å²) in [5, 5.41) is 1.12. The average molecular weight is 559 g/mol. The van der Waals surface area contributed by atoms with Crippen LogP contribution in [0.4, 0.5) is 0 Å². The van der Waals surface area contributed by atoms with Crippen LogP contribution >= 0.6 is 11.3 Å².